The van der Waals surface area contributed by atoms with Crippen molar-refractivity contribution >= 4 is 17.8 Å². The molecule has 2 saturated heterocycles. The maximum Gasteiger partial charge on any atom is 0.229 e. The van der Waals surface area contributed by atoms with Gasteiger partial charge in [-0.2, -0.15) is 0 Å². The summed E-state index contributed by atoms with van der Waals surface area (Å²) in [5, 5.41) is 7.65. The van der Waals surface area contributed by atoms with E-state index in [9.17, 15) is 9.18 Å². The summed E-state index contributed by atoms with van der Waals surface area (Å²) in [5.74, 6) is -0.411. The fourth-order valence-corrected chi connectivity index (χ4v) is 4.86. The quantitative estimate of drug-likeness (QED) is 0.746. The number of alkyl halides is 1. The topological polar surface area (TPSA) is 76.1 Å². The molecule has 2 N–H and O–H groups in total. The van der Waals surface area contributed by atoms with E-state index in [2.05, 4.69) is 27.0 Å². The van der Waals surface area contributed by atoms with Crippen LogP contribution in [0.5, 0.6) is 0 Å². The first-order valence-corrected chi connectivity index (χ1v) is 10.6. The predicted octanol–water partition coefficient (Wildman–Crippen LogP) is 3.41. The van der Waals surface area contributed by atoms with E-state index in [1.807, 2.05) is 30.3 Å². The molecule has 5 rings (SSSR count). The highest BCUT2D eigenvalue weighted by molar-refractivity contribution is 5.84. The predicted molar refractivity (Wildman–Crippen MR) is 114 cm³/mol. The van der Waals surface area contributed by atoms with Gasteiger partial charge in [0.2, 0.25) is 5.91 Å². The molecule has 0 radical (unpaired) electrons. The number of nitrogens with one attached hydrogen (secondary N) is 2. The molecule has 7 heteroatoms. The third-order valence-corrected chi connectivity index (χ3v) is 6.55. The van der Waals surface area contributed by atoms with Gasteiger partial charge < -0.3 is 20.2 Å². The van der Waals surface area contributed by atoms with Crippen LogP contribution in [-0.2, 0) is 4.79 Å². The molecule has 2 unspecified atom stereocenters. The Kier molecular flexibility index (Phi) is 4.68. The number of allylic oxidation sites excluding steroid dienone is 1. The average Bonchev–Trinajstić information content (AvgIpc) is 3.16. The molecule has 3 aliphatic rings. The summed E-state index contributed by atoms with van der Waals surface area (Å²) in [4.78, 5) is 24.6. The highest BCUT2D eigenvalue weighted by Gasteiger charge is 2.51. The van der Waals surface area contributed by atoms with Crippen LogP contribution in [0.25, 0.3) is 16.8 Å². The van der Waals surface area contributed by atoms with E-state index in [4.69, 9.17) is 5.41 Å². The number of pyridine rings is 1. The number of H-pyrrole nitrogens is 1. The van der Waals surface area contributed by atoms with Gasteiger partial charge in [-0.05, 0) is 44.4 Å². The lowest BCUT2D eigenvalue weighted by Crippen LogP contribution is -2.55. The van der Waals surface area contributed by atoms with Crippen molar-refractivity contribution in [3.8, 4) is 11.1 Å². The Morgan fingerprint density at radius 1 is 1.27 bits per heavy atom. The maximum absolute atomic E-state index is 13.4. The lowest BCUT2D eigenvalue weighted by Gasteiger charge is -2.43. The van der Waals surface area contributed by atoms with Crippen LogP contribution in [0, 0.1) is 18.3 Å². The lowest BCUT2D eigenvalue weighted by molar-refractivity contribution is -0.138. The number of aryl methyl sites for hydroxylation is 1. The highest BCUT2D eigenvalue weighted by Crippen LogP contribution is 2.41. The molecule has 1 amide bonds. The van der Waals surface area contributed by atoms with Gasteiger partial charge in [0.1, 0.15) is 6.17 Å². The molecule has 156 valence electrons. The second kappa shape index (κ2) is 7.38. The maximum atomic E-state index is 13.4. The minimum atomic E-state index is -0.947. The van der Waals surface area contributed by atoms with Gasteiger partial charge in [-0.1, -0.05) is 6.07 Å². The Morgan fingerprint density at radius 2 is 2.00 bits per heavy atom. The standard InChI is InChI=1S/C23H26FN5O/c1-14-2-3-15(10-26-14)16-8-21(27-11-16)22(6-7-25)28-12-17-4-5-18(13-28)29(17)23(30)19-9-20(19)24/h2-3,6-8,10-11,17-20,25,27H,4-5,9,12-13H2,1H3/b22-6+,25-7?/t17?,18?,19-,20-/m1/s1. The van der Waals surface area contributed by atoms with Crippen molar-refractivity contribution in [2.24, 2.45) is 5.92 Å². The first kappa shape index (κ1) is 19.0. The van der Waals surface area contributed by atoms with E-state index < -0.39 is 12.1 Å². The van der Waals surface area contributed by atoms with Crippen LogP contribution >= 0.6 is 0 Å². The highest BCUT2D eigenvalue weighted by atomic mass is 19.1. The van der Waals surface area contributed by atoms with E-state index in [1.165, 1.54) is 6.21 Å². The van der Waals surface area contributed by atoms with Crippen molar-refractivity contribution in [2.45, 2.75) is 44.4 Å². The Labute approximate surface area is 175 Å². The molecule has 4 heterocycles. The summed E-state index contributed by atoms with van der Waals surface area (Å²) in [6, 6.07) is 6.36. The molecule has 2 aliphatic heterocycles. The van der Waals surface area contributed by atoms with E-state index >= 15 is 0 Å². The SMILES string of the molecule is Cc1ccc(-c2c[nH]c(/C(=C\C=N)N3CC4CCC(C3)N4C(=O)[C@@H]3C[C@H]3F)c2)cn1. The lowest BCUT2D eigenvalue weighted by atomic mass is 10.1. The molecule has 1 aliphatic carbocycles. The smallest absolute Gasteiger partial charge is 0.229 e. The Balaban J connectivity index is 1.36. The van der Waals surface area contributed by atoms with Crippen LogP contribution in [-0.4, -0.2) is 63.2 Å². The molecule has 2 bridgehead atoms. The van der Waals surface area contributed by atoms with E-state index in [0.29, 0.717) is 19.5 Å². The molecule has 0 spiro atoms. The molecule has 4 atom stereocenters. The van der Waals surface area contributed by atoms with Gasteiger partial charge in [-0.25, -0.2) is 4.39 Å². The van der Waals surface area contributed by atoms with Crippen LogP contribution in [0.2, 0.25) is 0 Å². The number of halogens is 1. The van der Waals surface area contributed by atoms with Gasteiger partial charge in [0.05, 0.1) is 17.3 Å². The molecule has 0 aromatic carbocycles. The number of hydrogen-bond donors (Lipinski definition) is 2. The van der Waals surface area contributed by atoms with Crippen molar-refractivity contribution in [3.63, 3.8) is 0 Å². The number of carbonyl (C=O) groups is 1. The van der Waals surface area contributed by atoms with Gasteiger partial charge >= 0.3 is 0 Å². The Morgan fingerprint density at radius 3 is 2.60 bits per heavy atom. The van der Waals surface area contributed by atoms with Crippen LogP contribution in [0.3, 0.4) is 0 Å². The fraction of sp³-hybridized carbons (Fsp3) is 0.435. The monoisotopic (exact) mass is 407 g/mol. The number of aromatic amines is 1. The summed E-state index contributed by atoms with van der Waals surface area (Å²) in [7, 11) is 0. The molecule has 1 saturated carbocycles. The number of amides is 1. The molecular weight excluding hydrogens is 381 g/mol. The third-order valence-electron chi connectivity index (χ3n) is 6.55. The van der Waals surface area contributed by atoms with Gasteiger partial charge in [-0.3, -0.25) is 9.78 Å². The van der Waals surface area contributed by atoms with Gasteiger partial charge in [0.25, 0.3) is 0 Å². The zero-order valence-electron chi connectivity index (χ0n) is 17.0. The van der Waals surface area contributed by atoms with Gasteiger partial charge in [-0.15, -0.1) is 0 Å². The largest absolute Gasteiger partial charge is 0.366 e. The number of fused-ring (bicyclic) bond motifs is 2. The molecular formula is C23H26FN5O. The number of nitrogens with zero attached hydrogens (tertiary/aromatic N) is 3. The first-order valence-electron chi connectivity index (χ1n) is 10.6. The van der Waals surface area contributed by atoms with Gasteiger partial charge in [0.15, 0.2) is 0 Å². The molecule has 2 aromatic heterocycles. The summed E-state index contributed by atoms with van der Waals surface area (Å²) >= 11 is 0. The third kappa shape index (κ3) is 3.32. The number of piperazine rings is 1. The summed E-state index contributed by atoms with van der Waals surface area (Å²) in [5.41, 5.74) is 4.97. The van der Waals surface area contributed by atoms with Crippen molar-refractivity contribution < 1.29 is 9.18 Å². The number of likely N-dealkylation sites (tertiary alicyclic amines) is 1. The average molecular weight is 407 g/mol. The molecule has 6 nitrogen and oxygen atoms in total. The second-order valence-corrected chi connectivity index (χ2v) is 8.60. The summed E-state index contributed by atoms with van der Waals surface area (Å²) < 4.78 is 13.4. The zero-order chi connectivity index (χ0) is 20.8. The van der Waals surface area contributed by atoms with E-state index in [0.717, 1.165) is 41.1 Å². The Bertz CT molecular complexity index is 983. The zero-order valence-corrected chi connectivity index (χ0v) is 17.0. The van der Waals surface area contributed by atoms with Gasteiger partial charge in [0, 0.05) is 60.6 Å². The number of aromatic nitrogens is 2. The minimum absolute atomic E-state index is 0.00117. The van der Waals surface area contributed by atoms with Crippen molar-refractivity contribution in [1.82, 2.24) is 19.8 Å². The summed E-state index contributed by atoms with van der Waals surface area (Å²) in [6.45, 7) is 3.39. The van der Waals surface area contributed by atoms with Crippen LogP contribution < -0.4 is 0 Å². The number of carbonyl (C=O) groups excluding carboxylic acids is 1. The van der Waals surface area contributed by atoms with E-state index in [-0.39, 0.29) is 18.0 Å². The van der Waals surface area contributed by atoms with Crippen LogP contribution in [0.1, 0.15) is 30.7 Å². The van der Waals surface area contributed by atoms with E-state index in [1.54, 1.807) is 6.08 Å². The number of rotatable bonds is 5. The Hall–Kier alpha value is -2.96. The fourth-order valence-electron chi connectivity index (χ4n) is 4.86. The molecule has 2 aromatic rings. The van der Waals surface area contributed by atoms with Crippen molar-refractivity contribution in [3.05, 3.63) is 48.1 Å². The first-order chi connectivity index (χ1) is 14.5. The van der Waals surface area contributed by atoms with Crippen LogP contribution in [0.4, 0.5) is 4.39 Å². The second-order valence-electron chi connectivity index (χ2n) is 8.60. The molecule has 3 fully saturated rings. The molecule has 30 heavy (non-hydrogen) atoms. The van der Waals surface area contributed by atoms with Crippen molar-refractivity contribution in [2.75, 3.05) is 13.1 Å². The summed E-state index contributed by atoms with van der Waals surface area (Å²) in [6.07, 6.45) is 8.29. The number of hydrogen-bond acceptors (Lipinski definition) is 4. The van der Waals surface area contributed by atoms with Crippen LogP contribution in [0.15, 0.2) is 36.7 Å². The minimum Gasteiger partial charge on any atom is -0.366 e. The van der Waals surface area contributed by atoms with Crippen molar-refractivity contribution in [1.29, 1.82) is 5.41 Å². The normalized spacial score (nSPS) is 28.0.